The first-order valence-corrected chi connectivity index (χ1v) is 11.2. The number of fused-ring (bicyclic) bond motifs is 1. The van der Waals surface area contributed by atoms with E-state index in [1.165, 1.54) is 0 Å². The Kier molecular flexibility index (Phi) is 8.21. The molecule has 3 heterocycles. The summed E-state index contributed by atoms with van der Waals surface area (Å²) >= 11 is 0. The van der Waals surface area contributed by atoms with Gasteiger partial charge in [-0.05, 0) is 74.4 Å². The van der Waals surface area contributed by atoms with Crippen molar-refractivity contribution in [2.45, 2.75) is 52.1 Å². The molecule has 0 saturated carbocycles. The highest BCUT2D eigenvalue weighted by Gasteiger charge is 2.28. The third-order valence-corrected chi connectivity index (χ3v) is 5.95. The van der Waals surface area contributed by atoms with Crippen molar-refractivity contribution in [1.29, 1.82) is 0 Å². The fourth-order valence-electron chi connectivity index (χ4n) is 4.31. The maximum Gasteiger partial charge on any atom is 0.413 e. The molecule has 2 aromatic rings. The monoisotopic (exact) mass is 461 g/mol. The fourth-order valence-corrected chi connectivity index (χ4v) is 4.31. The van der Waals surface area contributed by atoms with E-state index in [4.69, 9.17) is 14.5 Å². The van der Waals surface area contributed by atoms with Gasteiger partial charge in [-0.2, -0.15) is 0 Å². The van der Waals surface area contributed by atoms with Gasteiger partial charge in [0.15, 0.2) is 0 Å². The van der Waals surface area contributed by atoms with Gasteiger partial charge in [-0.3, -0.25) is 5.32 Å². The van der Waals surface area contributed by atoms with E-state index in [9.17, 15) is 9.90 Å². The Balaban J connectivity index is 0.00000289. The second-order valence-corrected chi connectivity index (χ2v) is 8.68. The van der Waals surface area contributed by atoms with Crippen LogP contribution in [0.2, 0.25) is 0 Å². The van der Waals surface area contributed by atoms with Gasteiger partial charge in [0, 0.05) is 5.56 Å². The first-order valence-electron chi connectivity index (χ1n) is 11.2. The van der Waals surface area contributed by atoms with Crippen molar-refractivity contribution in [3.8, 4) is 22.8 Å². The molecule has 0 spiro atoms. The average molecular weight is 462 g/mol. The van der Waals surface area contributed by atoms with Gasteiger partial charge in [0.2, 0.25) is 0 Å². The standard InChI is InChI=1S/C24H31N3O4.ClH/c1-15(2)5-4-12-30-21-7-3-6-20(28)22(21)19-13-17(16-8-10-25-11-9-16)18-14-31-24(29)27-23(18)26-19;/h3,6-7,13,15-16,25,28H,4-5,8-12,14H2,1-2H3,(H,26,27,29);1H. The minimum Gasteiger partial charge on any atom is -0.507 e. The maximum absolute atomic E-state index is 11.9. The van der Waals surface area contributed by atoms with Crippen LogP contribution >= 0.6 is 12.4 Å². The molecule has 32 heavy (non-hydrogen) atoms. The van der Waals surface area contributed by atoms with Crippen LogP contribution in [-0.4, -0.2) is 35.9 Å². The summed E-state index contributed by atoms with van der Waals surface area (Å²) < 4.78 is 11.3. The third kappa shape index (κ3) is 5.45. The Bertz CT molecular complexity index is 945. The number of piperidine rings is 1. The lowest BCUT2D eigenvalue weighted by Gasteiger charge is -2.28. The number of hydrogen-bond donors (Lipinski definition) is 3. The number of phenolic OH excluding ortho intramolecular Hbond substituents is 1. The summed E-state index contributed by atoms with van der Waals surface area (Å²) in [7, 11) is 0. The molecule has 1 fully saturated rings. The van der Waals surface area contributed by atoms with Crippen molar-refractivity contribution in [2.75, 3.05) is 25.0 Å². The van der Waals surface area contributed by atoms with Gasteiger partial charge in [-0.25, -0.2) is 9.78 Å². The summed E-state index contributed by atoms with van der Waals surface area (Å²) in [6.45, 7) is 7.07. The van der Waals surface area contributed by atoms with Gasteiger partial charge in [-0.1, -0.05) is 19.9 Å². The zero-order valence-electron chi connectivity index (χ0n) is 18.6. The number of pyridine rings is 1. The fraction of sp³-hybridized carbons (Fsp3) is 0.500. The summed E-state index contributed by atoms with van der Waals surface area (Å²) in [5.41, 5.74) is 3.21. The molecule has 174 valence electrons. The van der Waals surface area contributed by atoms with E-state index < -0.39 is 6.09 Å². The van der Waals surface area contributed by atoms with Gasteiger partial charge >= 0.3 is 6.09 Å². The minimum absolute atomic E-state index is 0. The summed E-state index contributed by atoms with van der Waals surface area (Å²) in [6, 6.07) is 7.31. The van der Waals surface area contributed by atoms with E-state index in [0.717, 1.165) is 49.9 Å². The number of cyclic esters (lactones) is 1. The van der Waals surface area contributed by atoms with Crippen LogP contribution in [0.3, 0.4) is 0 Å². The quantitative estimate of drug-likeness (QED) is 0.489. The van der Waals surface area contributed by atoms with Crippen molar-refractivity contribution >= 4 is 24.3 Å². The van der Waals surface area contributed by atoms with Crippen molar-refractivity contribution in [3.05, 3.63) is 35.4 Å². The molecule has 0 aliphatic carbocycles. The lowest BCUT2D eigenvalue weighted by molar-refractivity contribution is 0.150. The summed E-state index contributed by atoms with van der Waals surface area (Å²) in [5.74, 6) is 2.19. The van der Waals surface area contributed by atoms with Crippen LogP contribution in [0.5, 0.6) is 11.5 Å². The second kappa shape index (κ2) is 10.9. The number of ether oxygens (including phenoxy) is 2. The number of anilines is 1. The highest BCUT2D eigenvalue weighted by Crippen LogP contribution is 2.41. The average Bonchev–Trinajstić information content (AvgIpc) is 2.76. The van der Waals surface area contributed by atoms with E-state index in [1.807, 2.05) is 12.1 Å². The van der Waals surface area contributed by atoms with Crippen LogP contribution in [0, 0.1) is 5.92 Å². The number of rotatable bonds is 7. The largest absolute Gasteiger partial charge is 0.507 e. The van der Waals surface area contributed by atoms with Gasteiger partial charge in [-0.15, -0.1) is 12.4 Å². The third-order valence-electron chi connectivity index (χ3n) is 5.95. The lowest BCUT2D eigenvalue weighted by Crippen LogP contribution is -2.29. The Morgan fingerprint density at radius 3 is 2.81 bits per heavy atom. The molecule has 3 N–H and O–H groups in total. The highest BCUT2D eigenvalue weighted by atomic mass is 35.5. The molecule has 1 aromatic heterocycles. The van der Waals surface area contributed by atoms with Crippen LogP contribution in [0.15, 0.2) is 24.3 Å². The van der Waals surface area contributed by atoms with E-state index in [0.29, 0.717) is 41.3 Å². The van der Waals surface area contributed by atoms with Crippen molar-refractivity contribution in [1.82, 2.24) is 10.3 Å². The van der Waals surface area contributed by atoms with Crippen molar-refractivity contribution in [2.24, 2.45) is 5.92 Å². The molecular formula is C24H32ClN3O4. The number of hydrogen-bond acceptors (Lipinski definition) is 6. The number of halogens is 1. The second-order valence-electron chi connectivity index (χ2n) is 8.68. The van der Waals surface area contributed by atoms with Gasteiger partial charge in [0.05, 0.1) is 17.9 Å². The first-order chi connectivity index (χ1) is 15.0. The molecule has 1 aromatic carbocycles. The minimum atomic E-state index is -0.504. The van der Waals surface area contributed by atoms with Crippen LogP contribution in [0.1, 0.15) is 56.6 Å². The molecule has 8 heteroatoms. The molecule has 2 aliphatic heterocycles. The zero-order chi connectivity index (χ0) is 21.8. The number of benzene rings is 1. The van der Waals surface area contributed by atoms with Gasteiger partial charge in [0.1, 0.15) is 23.9 Å². The van der Waals surface area contributed by atoms with E-state index in [2.05, 4.69) is 24.5 Å². The summed E-state index contributed by atoms with van der Waals surface area (Å²) in [5, 5.41) is 16.8. The van der Waals surface area contributed by atoms with Gasteiger partial charge < -0.3 is 19.9 Å². The van der Waals surface area contributed by atoms with E-state index in [1.54, 1.807) is 12.1 Å². The molecule has 7 nitrogen and oxygen atoms in total. The number of phenols is 1. The van der Waals surface area contributed by atoms with Crippen LogP contribution in [-0.2, 0) is 11.3 Å². The number of carbonyl (C=O) groups excluding carboxylic acids is 1. The van der Waals surface area contributed by atoms with Crippen LogP contribution in [0.25, 0.3) is 11.3 Å². The molecule has 2 aliphatic rings. The molecule has 0 unspecified atom stereocenters. The number of amides is 1. The predicted molar refractivity (Wildman–Crippen MR) is 127 cm³/mol. The topological polar surface area (TPSA) is 92.7 Å². The highest BCUT2D eigenvalue weighted by molar-refractivity contribution is 5.88. The number of aromatic nitrogens is 1. The Labute approximate surface area is 195 Å². The molecule has 0 radical (unpaired) electrons. The molecule has 0 bridgehead atoms. The summed E-state index contributed by atoms with van der Waals surface area (Å²) in [6.07, 6.45) is 3.53. The number of nitrogens with one attached hydrogen (secondary N) is 2. The Morgan fingerprint density at radius 1 is 1.28 bits per heavy atom. The number of aromatic hydroxyl groups is 1. The van der Waals surface area contributed by atoms with E-state index >= 15 is 0 Å². The normalized spacial score (nSPS) is 16.0. The molecule has 1 saturated heterocycles. The molecular weight excluding hydrogens is 430 g/mol. The predicted octanol–water partition coefficient (Wildman–Crippen LogP) is 5.22. The van der Waals surface area contributed by atoms with Crippen molar-refractivity contribution < 1.29 is 19.4 Å². The number of carbonyl (C=O) groups is 1. The Hall–Kier alpha value is -2.51. The molecule has 4 rings (SSSR count). The lowest BCUT2D eigenvalue weighted by atomic mass is 9.86. The zero-order valence-corrected chi connectivity index (χ0v) is 19.5. The Morgan fingerprint density at radius 2 is 2.06 bits per heavy atom. The van der Waals surface area contributed by atoms with Crippen LogP contribution < -0.4 is 15.4 Å². The molecule has 1 amide bonds. The SMILES string of the molecule is CC(C)CCCOc1cccc(O)c1-c1cc(C2CCNCC2)c2c(n1)NC(=O)OC2.Cl. The molecule has 0 atom stereocenters. The summed E-state index contributed by atoms with van der Waals surface area (Å²) in [4.78, 5) is 16.6. The first kappa shape index (κ1) is 24.1. The van der Waals surface area contributed by atoms with Crippen molar-refractivity contribution in [3.63, 3.8) is 0 Å². The number of nitrogens with zero attached hydrogens (tertiary/aromatic N) is 1. The van der Waals surface area contributed by atoms with E-state index in [-0.39, 0.29) is 24.8 Å². The smallest absolute Gasteiger partial charge is 0.413 e. The van der Waals surface area contributed by atoms with Gasteiger partial charge in [0.25, 0.3) is 0 Å². The maximum atomic E-state index is 11.9. The van der Waals surface area contributed by atoms with Crippen LogP contribution in [0.4, 0.5) is 10.6 Å².